The van der Waals surface area contributed by atoms with Gasteiger partial charge >= 0.3 is 0 Å². The summed E-state index contributed by atoms with van der Waals surface area (Å²) in [5.41, 5.74) is 7.94. The number of methoxy groups -OCH3 is 2. The molecule has 6 nitrogen and oxygen atoms in total. The molecule has 1 amide bonds. The molecule has 2 aliphatic heterocycles. The van der Waals surface area contributed by atoms with E-state index < -0.39 is 0 Å². The van der Waals surface area contributed by atoms with Crippen LogP contribution in [-0.4, -0.2) is 50.3 Å². The van der Waals surface area contributed by atoms with Gasteiger partial charge in [0, 0.05) is 19.6 Å². The van der Waals surface area contributed by atoms with Crippen LogP contribution in [0.25, 0.3) is 0 Å². The minimum Gasteiger partial charge on any atom is -0.493 e. The molecular weight excluding hydrogens is 296 g/mol. The Labute approximate surface area is 136 Å². The highest BCUT2D eigenvalue weighted by molar-refractivity contribution is 5.81. The second-order valence-electron chi connectivity index (χ2n) is 6.05. The molecule has 0 unspecified atom stereocenters. The molecule has 0 aromatic heterocycles. The van der Waals surface area contributed by atoms with Crippen LogP contribution in [0.3, 0.4) is 0 Å². The summed E-state index contributed by atoms with van der Waals surface area (Å²) in [6.07, 6.45) is 2.11. The molecule has 2 heterocycles. The fourth-order valence-electron chi connectivity index (χ4n) is 3.34. The number of rotatable bonds is 4. The van der Waals surface area contributed by atoms with Crippen LogP contribution in [0.4, 0.5) is 0 Å². The van der Waals surface area contributed by atoms with E-state index in [4.69, 9.17) is 19.9 Å². The smallest absolute Gasteiger partial charge is 0.252 e. The summed E-state index contributed by atoms with van der Waals surface area (Å²) in [6, 6.07) is 3.97. The van der Waals surface area contributed by atoms with Crippen molar-refractivity contribution in [3.8, 4) is 11.5 Å². The number of carbonyl (C=O) groups excluding carboxylic acids is 1. The first kappa shape index (κ1) is 16.1. The van der Waals surface area contributed by atoms with Crippen molar-refractivity contribution in [2.75, 3.05) is 27.3 Å². The third-order valence-electron chi connectivity index (χ3n) is 4.68. The zero-order chi connectivity index (χ0) is 16.4. The number of nitrogens with zero attached hydrogens (tertiary/aromatic N) is 1. The van der Waals surface area contributed by atoms with Crippen LogP contribution in [0.1, 0.15) is 24.0 Å². The fraction of sp³-hybridized carbons (Fsp3) is 0.588. The summed E-state index contributed by atoms with van der Waals surface area (Å²) in [4.78, 5) is 14.5. The molecule has 126 valence electrons. The molecule has 1 fully saturated rings. The third kappa shape index (κ3) is 3.14. The maximum absolute atomic E-state index is 12.7. The Hall–Kier alpha value is -1.79. The van der Waals surface area contributed by atoms with E-state index >= 15 is 0 Å². The highest BCUT2D eigenvalue weighted by Gasteiger charge is 2.34. The van der Waals surface area contributed by atoms with Gasteiger partial charge in [-0.15, -0.1) is 0 Å². The Morgan fingerprint density at radius 3 is 2.57 bits per heavy atom. The maximum atomic E-state index is 12.7. The van der Waals surface area contributed by atoms with Gasteiger partial charge in [0.15, 0.2) is 11.5 Å². The van der Waals surface area contributed by atoms with Gasteiger partial charge in [0.1, 0.15) is 6.10 Å². The van der Waals surface area contributed by atoms with Gasteiger partial charge in [0.2, 0.25) is 0 Å². The molecule has 23 heavy (non-hydrogen) atoms. The summed E-state index contributed by atoms with van der Waals surface area (Å²) >= 11 is 0. The Balaban J connectivity index is 1.73. The molecule has 3 rings (SSSR count). The molecule has 6 heteroatoms. The zero-order valence-electron chi connectivity index (χ0n) is 13.7. The number of carbonyl (C=O) groups is 1. The van der Waals surface area contributed by atoms with E-state index in [1.807, 2.05) is 17.0 Å². The molecule has 0 spiro atoms. The van der Waals surface area contributed by atoms with Crippen molar-refractivity contribution in [3.63, 3.8) is 0 Å². The van der Waals surface area contributed by atoms with Crippen LogP contribution < -0.4 is 15.2 Å². The number of fused-ring (bicyclic) bond motifs is 1. The first-order valence-electron chi connectivity index (χ1n) is 8.04. The quantitative estimate of drug-likeness (QED) is 0.899. The van der Waals surface area contributed by atoms with Gasteiger partial charge < -0.3 is 24.8 Å². The van der Waals surface area contributed by atoms with E-state index in [1.165, 1.54) is 5.56 Å². The van der Waals surface area contributed by atoms with Crippen molar-refractivity contribution >= 4 is 5.91 Å². The second-order valence-corrected chi connectivity index (χ2v) is 6.05. The summed E-state index contributed by atoms with van der Waals surface area (Å²) in [5, 5.41) is 0. The first-order valence-corrected chi connectivity index (χ1v) is 8.04. The lowest BCUT2D eigenvalue weighted by atomic mass is 9.98. The lowest BCUT2D eigenvalue weighted by molar-refractivity contribution is -0.143. The largest absolute Gasteiger partial charge is 0.493 e. The number of amides is 1. The summed E-state index contributed by atoms with van der Waals surface area (Å²) in [7, 11) is 3.25. The van der Waals surface area contributed by atoms with Crippen LogP contribution in [-0.2, 0) is 22.5 Å². The van der Waals surface area contributed by atoms with Crippen molar-refractivity contribution in [2.24, 2.45) is 5.73 Å². The van der Waals surface area contributed by atoms with Crippen molar-refractivity contribution in [1.82, 2.24) is 4.90 Å². The first-order chi connectivity index (χ1) is 11.2. The highest BCUT2D eigenvalue weighted by Crippen LogP contribution is 2.33. The highest BCUT2D eigenvalue weighted by atomic mass is 16.5. The van der Waals surface area contributed by atoms with Crippen LogP contribution in [0.15, 0.2) is 12.1 Å². The molecule has 0 aliphatic carbocycles. The van der Waals surface area contributed by atoms with Crippen LogP contribution in [0, 0.1) is 0 Å². The van der Waals surface area contributed by atoms with Gasteiger partial charge in [0.05, 0.1) is 20.3 Å². The molecule has 0 bridgehead atoms. The number of hydrogen-bond acceptors (Lipinski definition) is 5. The Kier molecular flexibility index (Phi) is 4.73. The number of benzene rings is 1. The molecule has 2 N–H and O–H groups in total. The SMILES string of the molecule is COc1cc2c(cc1OC)CN(C(=O)[C@@H]1CC[C@H](CN)O1)CC2. The summed E-state index contributed by atoms with van der Waals surface area (Å²) in [5.74, 6) is 1.50. The minimum atomic E-state index is -0.342. The lowest BCUT2D eigenvalue weighted by Gasteiger charge is -2.31. The monoisotopic (exact) mass is 320 g/mol. The Morgan fingerprint density at radius 1 is 1.26 bits per heavy atom. The third-order valence-corrected chi connectivity index (χ3v) is 4.68. The molecule has 1 aromatic rings. The molecule has 0 radical (unpaired) electrons. The molecule has 0 saturated carbocycles. The van der Waals surface area contributed by atoms with Gasteiger partial charge in [-0.2, -0.15) is 0 Å². The summed E-state index contributed by atoms with van der Waals surface area (Å²) < 4.78 is 16.4. The molecule has 1 saturated heterocycles. The zero-order valence-corrected chi connectivity index (χ0v) is 13.7. The van der Waals surface area contributed by atoms with E-state index in [9.17, 15) is 4.79 Å². The lowest BCUT2D eigenvalue weighted by Crippen LogP contribution is -2.42. The molecule has 2 atom stereocenters. The number of nitrogens with two attached hydrogens (primary N) is 1. The van der Waals surface area contributed by atoms with Gasteiger partial charge in [-0.05, 0) is 42.5 Å². The molecule has 1 aromatic carbocycles. The fourth-order valence-corrected chi connectivity index (χ4v) is 3.34. The predicted octanol–water partition coefficient (Wildman–Crippen LogP) is 1.09. The minimum absolute atomic E-state index is 0.0189. The van der Waals surface area contributed by atoms with Crippen LogP contribution in [0.5, 0.6) is 11.5 Å². The predicted molar refractivity (Wildman–Crippen MR) is 85.6 cm³/mol. The Morgan fingerprint density at radius 2 is 1.96 bits per heavy atom. The van der Waals surface area contributed by atoms with E-state index in [-0.39, 0.29) is 18.1 Å². The maximum Gasteiger partial charge on any atom is 0.252 e. The van der Waals surface area contributed by atoms with Crippen LogP contribution >= 0.6 is 0 Å². The average Bonchev–Trinajstić information content (AvgIpc) is 3.08. The van der Waals surface area contributed by atoms with E-state index in [1.54, 1.807) is 14.2 Å². The second kappa shape index (κ2) is 6.76. The molecular formula is C17H24N2O4. The average molecular weight is 320 g/mol. The van der Waals surface area contributed by atoms with Gasteiger partial charge in [0.25, 0.3) is 5.91 Å². The normalized spacial score (nSPS) is 23.5. The van der Waals surface area contributed by atoms with Crippen molar-refractivity contribution in [1.29, 1.82) is 0 Å². The van der Waals surface area contributed by atoms with Crippen molar-refractivity contribution < 1.29 is 19.0 Å². The van der Waals surface area contributed by atoms with Gasteiger partial charge in [-0.1, -0.05) is 0 Å². The van der Waals surface area contributed by atoms with E-state index in [0.717, 1.165) is 30.6 Å². The Bertz CT molecular complexity index is 590. The van der Waals surface area contributed by atoms with Gasteiger partial charge in [-0.3, -0.25) is 4.79 Å². The number of ether oxygens (including phenoxy) is 3. The van der Waals surface area contributed by atoms with E-state index in [0.29, 0.717) is 25.4 Å². The topological polar surface area (TPSA) is 74.0 Å². The standard InChI is InChI=1S/C17H24N2O4/c1-21-15-7-11-5-6-19(10-12(11)8-16(15)22-2)17(20)14-4-3-13(9-18)23-14/h7-8,13-14H,3-6,9-10,18H2,1-2H3/t13-,14+/m1/s1. The van der Waals surface area contributed by atoms with Crippen molar-refractivity contribution in [2.45, 2.75) is 38.0 Å². The summed E-state index contributed by atoms with van der Waals surface area (Å²) in [6.45, 7) is 1.76. The van der Waals surface area contributed by atoms with Crippen molar-refractivity contribution in [3.05, 3.63) is 23.3 Å². The molecule has 2 aliphatic rings. The van der Waals surface area contributed by atoms with E-state index in [2.05, 4.69) is 0 Å². The van der Waals surface area contributed by atoms with Crippen LogP contribution in [0.2, 0.25) is 0 Å². The van der Waals surface area contributed by atoms with Gasteiger partial charge in [-0.25, -0.2) is 0 Å². The number of hydrogen-bond donors (Lipinski definition) is 1.